The van der Waals surface area contributed by atoms with Crippen molar-refractivity contribution in [2.75, 3.05) is 5.32 Å². The van der Waals surface area contributed by atoms with E-state index in [1.807, 2.05) is 31.2 Å². The van der Waals surface area contributed by atoms with E-state index in [0.717, 1.165) is 33.2 Å². The number of nitrogens with one attached hydrogen (secondary N) is 1. The maximum atomic E-state index is 13.6. The van der Waals surface area contributed by atoms with E-state index in [1.165, 1.54) is 11.6 Å². The molecule has 1 aromatic heterocycles. The zero-order valence-corrected chi connectivity index (χ0v) is 13.7. The van der Waals surface area contributed by atoms with Gasteiger partial charge in [0.1, 0.15) is 17.0 Å². The van der Waals surface area contributed by atoms with Crippen LogP contribution in [0.3, 0.4) is 0 Å². The Balaban J connectivity index is 1.68. The van der Waals surface area contributed by atoms with Crippen LogP contribution in [0.25, 0.3) is 21.9 Å². The van der Waals surface area contributed by atoms with E-state index in [9.17, 15) is 4.39 Å². The molecule has 0 atom stereocenters. The van der Waals surface area contributed by atoms with Crippen molar-refractivity contribution in [1.29, 1.82) is 0 Å². The largest absolute Gasteiger partial charge is 0.456 e. The third kappa shape index (κ3) is 2.52. The molecule has 0 aliphatic heterocycles. The van der Waals surface area contributed by atoms with Gasteiger partial charge in [-0.3, -0.25) is 0 Å². The Hall–Kier alpha value is -2.81. The summed E-state index contributed by atoms with van der Waals surface area (Å²) in [6.07, 6.45) is 0. The number of aryl methyl sites for hydroxylation is 1. The van der Waals surface area contributed by atoms with Crippen molar-refractivity contribution in [3.63, 3.8) is 0 Å². The molecule has 0 unspecified atom stereocenters. The number of furan rings is 1. The zero-order valence-electron chi connectivity index (χ0n) is 13.7. The van der Waals surface area contributed by atoms with Gasteiger partial charge in [0.05, 0.1) is 0 Å². The van der Waals surface area contributed by atoms with Gasteiger partial charge in [-0.1, -0.05) is 23.8 Å². The highest BCUT2D eigenvalue weighted by Gasteiger charge is 2.08. The average Bonchev–Trinajstić information content (AvgIpc) is 2.93. The molecule has 0 aliphatic rings. The number of benzene rings is 3. The summed E-state index contributed by atoms with van der Waals surface area (Å²) in [6, 6.07) is 17.4. The summed E-state index contributed by atoms with van der Waals surface area (Å²) in [5.74, 6) is -0.166. The second kappa shape index (κ2) is 5.68. The lowest BCUT2D eigenvalue weighted by Crippen LogP contribution is -2.02. The number of anilines is 1. The van der Waals surface area contributed by atoms with E-state index in [0.29, 0.717) is 12.1 Å². The number of rotatable bonds is 3. The second-order valence-electron chi connectivity index (χ2n) is 6.19. The van der Waals surface area contributed by atoms with E-state index in [-0.39, 0.29) is 5.82 Å². The van der Waals surface area contributed by atoms with Crippen LogP contribution >= 0.6 is 0 Å². The van der Waals surface area contributed by atoms with Crippen LogP contribution in [-0.4, -0.2) is 0 Å². The van der Waals surface area contributed by atoms with Crippen LogP contribution in [0.5, 0.6) is 0 Å². The van der Waals surface area contributed by atoms with Crippen molar-refractivity contribution in [2.24, 2.45) is 0 Å². The molecule has 4 aromatic rings. The quantitative estimate of drug-likeness (QED) is 0.504. The second-order valence-corrected chi connectivity index (χ2v) is 6.19. The highest BCUT2D eigenvalue weighted by molar-refractivity contribution is 6.06. The van der Waals surface area contributed by atoms with Gasteiger partial charge in [0.15, 0.2) is 0 Å². The predicted octanol–water partition coefficient (Wildman–Crippen LogP) is 5.95. The minimum atomic E-state index is -0.166. The van der Waals surface area contributed by atoms with Crippen molar-refractivity contribution in [3.8, 4) is 0 Å². The molecular weight excluding hydrogens is 301 g/mol. The Kier molecular flexibility index (Phi) is 3.49. The normalized spacial score (nSPS) is 11.3. The first-order valence-electron chi connectivity index (χ1n) is 8.02. The van der Waals surface area contributed by atoms with E-state index < -0.39 is 0 Å². The summed E-state index contributed by atoms with van der Waals surface area (Å²) in [6.45, 7) is 4.47. The van der Waals surface area contributed by atoms with Gasteiger partial charge in [0.25, 0.3) is 0 Å². The molecule has 1 heterocycles. The van der Waals surface area contributed by atoms with E-state index in [1.54, 1.807) is 6.07 Å². The van der Waals surface area contributed by atoms with Crippen LogP contribution in [0.15, 0.2) is 59.0 Å². The first-order valence-corrected chi connectivity index (χ1v) is 8.02. The topological polar surface area (TPSA) is 25.2 Å². The van der Waals surface area contributed by atoms with Crippen LogP contribution in [0.2, 0.25) is 0 Å². The lowest BCUT2D eigenvalue weighted by atomic mass is 10.1. The summed E-state index contributed by atoms with van der Waals surface area (Å²) in [4.78, 5) is 0. The third-order valence-electron chi connectivity index (χ3n) is 4.49. The first-order chi connectivity index (χ1) is 11.6. The van der Waals surface area contributed by atoms with Crippen LogP contribution in [0.1, 0.15) is 16.7 Å². The molecule has 1 N–H and O–H groups in total. The standard InChI is InChI=1S/C21H18FNO/c1-13-6-8-20-17(10-13)18-11-16(7-9-21(18)24-20)23-12-15-4-3-5-19(22)14(15)2/h3-11,23H,12H2,1-2H3. The molecule has 0 spiro atoms. The number of fused-ring (bicyclic) bond motifs is 3. The fourth-order valence-corrected chi connectivity index (χ4v) is 3.04. The van der Waals surface area contributed by atoms with Gasteiger partial charge in [-0.05, 0) is 61.4 Å². The van der Waals surface area contributed by atoms with Gasteiger partial charge in [0.2, 0.25) is 0 Å². The molecule has 0 aliphatic carbocycles. The molecule has 3 heteroatoms. The molecule has 4 rings (SSSR count). The summed E-state index contributed by atoms with van der Waals surface area (Å²) in [7, 11) is 0. The Morgan fingerprint density at radius 2 is 1.67 bits per heavy atom. The minimum absolute atomic E-state index is 0.166. The Bertz CT molecular complexity index is 1050. The van der Waals surface area contributed by atoms with E-state index >= 15 is 0 Å². The molecule has 0 radical (unpaired) electrons. The van der Waals surface area contributed by atoms with Crippen molar-refractivity contribution >= 4 is 27.6 Å². The molecule has 2 nitrogen and oxygen atoms in total. The third-order valence-corrected chi connectivity index (χ3v) is 4.49. The molecule has 3 aromatic carbocycles. The maximum absolute atomic E-state index is 13.6. The zero-order chi connectivity index (χ0) is 16.7. The first kappa shape index (κ1) is 14.8. The van der Waals surface area contributed by atoms with Gasteiger partial charge < -0.3 is 9.73 Å². The van der Waals surface area contributed by atoms with Gasteiger partial charge in [-0.2, -0.15) is 0 Å². The fraction of sp³-hybridized carbons (Fsp3) is 0.143. The lowest BCUT2D eigenvalue weighted by Gasteiger charge is -2.09. The fourth-order valence-electron chi connectivity index (χ4n) is 3.04. The predicted molar refractivity (Wildman–Crippen MR) is 96.9 cm³/mol. The van der Waals surface area contributed by atoms with Crippen molar-refractivity contribution in [2.45, 2.75) is 20.4 Å². The molecule has 0 bridgehead atoms. The minimum Gasteiger partial charge on any atom is -0.456 e. The summed E-state index contributed by atoms with van der Waals surface area (Å²) in [5.41, 5.74) is 5.63. The monoisotopic (exact) mass is 319 g/mol. The van der Waals surface area contributed by atoms with Crippen molar-refractivity contribution in [3.05, 3.63) is 77.1 Å². The Morgan fingerprint density at radius 3 is 2.50 bits per heavy atom. The Morgan fingerprint density at radius 1 is 0.917 bits per heavy atom. The van der Waals surface area contributed by atoms with Crippen molar-refractivity contribution in [1.82, 2.24) is 0 Å². The molecule has 120 valence electrons. The lowest BCUT2D eigenvalue weighted by molar-refractivity contribution is 0.616. The summed E-state index contributed by atoms with van der Waals surface area (Å²) >= 11 is 0. The average molecular weight is 319 g/mol. The molecule has 0 saturated carbocycles. The highest BCUT2D eigenvalue weighted by atomic mass is 19.1. The summed E-state index contributed by atoms with van der Waals surface area (Å²) in [5, 5.41) is 5.60. The summed E-state index contributed by atoms with van der Waals surface area (Å²) < 4.78 is 19.5. The van der Waals surface area contributed by atoms with E-state index in [2.05, 4.69) is 30.4 Å². The smallest absolute Gasteiger partial charge is 0.135 e. The van der Waals surface area contributed by atoms with E-state index in [4.69, 9.17) is 4.42 Å². The number of hydrogen-bond acceptors (Lipinski definition) is 2. The highest BCUT2D eigenvalue weighted by Crippen LogP contribution is 2.31. The SMILES string of the molecule is Cc1ccc2oc3ccc(NCc4cccc(F)c4C)cc3c2c1. The van der Waals surface area contributed by atoms with Gasteiger partial charge >= 0.3 is 0 Å². The van der Waals surface area contributed by atoms with Gasteiger partial charge in [0, 0.05) is 23.0 Å². The molecule has 24 heavy (non-hydrogen) atoms. The van der Waals surface area contributed by atoms with Crippen LogP contribution < -0.4 is 5.32 Å². The molecular formula is C21H18FNO. The Labute approximate surface area is 139 Å². The number of hydrogen-bond donors (Lipinski definition) is 1. The molecule has 0 amide bonds. The maximum Gasteiger partial charge on any atom is 0.135 e. The molecule has 0 saturated heterocycles. The van der Waals surface area contributed by atoms with Crippen LogP contribution in [0, 0.1) is 19.7 Å². The van der Waals surface area contributed by atoms with Gasteiger partial charge in [-0.15, -0.1) is 0 Å². The van der Waals surface area contributed by atoms with Crippen LogP contribution in [-0.2, 0) is 6.54 Å². The van der Waals surface area contributed by atoms with Crippen molar-refractivity contribution < 1.29 is 8.81 Å². The van der Waals surface area contributed by atoms with Crippen LogP contribution in [0.4, 0.5) is 10.1 Å². The van der Waals surface area contributed by atoms with Gasteiger partial charge in [-0.25, -0.2) is 4.39 Å². The molecule has 0 fully saturated rings. The number of halogens is 1.